The topological polar surface area (TPSA) is 67.8 Å². The molecule has 0 spiro atoms. The summed E-state index contributed by atoms with van der Waals surface area (Å²) in [5.41, 5.74) is 1.57. The third-order valence-electron chi connectivity index (χ3n) is 6.35. The molecule has 7 nitrogen and oxygen atoms in total. The van der Waals surface area contributed by atoms with Crippen LogP contribution in [0, 0.1) is 5.82 Å². The number of halogens is 2. The monoisotopic (exact) mass is 538 g/mol. The molecule has 10 heteroatoms. The van der Waals surface area contributed by atoms with Gasteiger partial charge >= 0.3 is 6.09 Å². The van der Waals surface area contributed by atoms with E-state index in [0.717, 1.165) is 40.9 Å². The molecule has 2 saturated heterocycles. The van der Waals surface area contributed by atoms with Crippen LogP contribution < -0.4 is 4.90 Å². The highest BCUT2D eigenvalue weighted by atomic mass is 79.9. The molecule has 33 heavy (non-hydrogen) atoms. The van der Waals surface area contributed by atoms with Gasteiger partial charge in [0.1, 0.15) is 16.9 Å². The van der Waals surface area contributed by atoms with Crippen molar-refractivity contribution in [3.8, 4) is 0 Å². The number of fused-ring (bicyclic) bond motifs is 5. The molecule has 1 amide bonds. The molecule has 2 unspecified atom stereocenters. The van der Waals surface area contributed by atoms with Gasteiger partial charge in [-0.05, 0) is 60.9 Å². The molecule has 2 bridgehead atoms. The maximum Gasteiger partial charge on any atom is 0.410 e. The Morgan fingerprint density at radius 1 is 1.21 bits per heavy atom. The summed E-state index contributed by atoms with van der Waals surface area (Å²) in [6.07, 6.45) is 1.58. The number of ether oxygens (including phenoxy) is 2. The predicted octanol–water partition coefficient (Wildman–Crippen LogP) is 5.26. The number of aromatic nitrogens is 2. The van der Waals surface area contributed by atoms with Crippen LogP contribution in [0.1, 0.15) is 51.7 Å². The first-order chi connectivity index (χ1) is 15.7. The SMILES string of the molecule is CCSc1nc(N2CC3CCC(C2)N3C(=O)OC(C)(C)C)c2c3c(c(Br)c(F)c2n1)COC3. The Balaban J connectivity index is 1.56. The Kier molecular flexibility index (Phi) is 5.98. The lowest BCUT2D eigenvalue weighted by Crippen LogP contribution is -2.57. The fourth-order valence-corrected chi connectivity index (χ4v) is 6.17. The molecule has 2 fully saturated rings. The first kappa shape index (κ1) is 23.1. The molecular formula is C23H28BrFN4O3S. The molecule has 5 rings (SSSR count). The molecule has 3 aliphatic heterocycles. The zero-order valence-corrected chi connectivity index (χ0v) is 21.7. The lowest BCUT2D eigenvalue weighted by atomic mass is 10.0. The van der Waals surface area contributed by atoms with E-state index in [2.05, 4.69) is 25.8 Å². The van der Waals surface area contributed by atoms with Gasteiger partial charge in [-0.15, -0.1) is 0 Å². The summed E-state index contributed by atoms with van der Waals surface area (Å²) in [5, 5.41) is 1.29. The van der Waals surface area contributed by atoms with Gasteiger partial charge in [-0.25, -0.2) is 19.2 Å². The number of rotatable bonds is 3. The van der Waals surface area contributed by atoms with E-state index in [1.807, 2.05) is 32.6 Å². The average molecular weight is 539 g/mol. The van der Waals surface area contributed by atoms with Crippen LogP contribution in [0.2, 0.25) is 0 Å². The number of carbonyl (C=O) groups excluding carboxylic acids is 1. The number of amides is 1. The summed E-state index contributed by atoms with van der Waals surface area (Å²) in [5.74, 6) is 1.16. The molecule has 0 N–H and O–H groups in total. The van der Waals surface area contributed by atoms with Crippen molar-refractivity contribution in [1.29, 1.82) is 0 Å². The Hall–Kier alpha value is -1.65. The minimum Gasteiger partial charge on any atom is -0.444 e. The van der Waals surface area contributed by atoms with Gasteiger partial charge < -0.3 is 14.4 Å². The average Bonchev–Trinajstić information content (AvgIpc) is 3.33. The second-order valence-corrected chi connectivity index (χ2v) is 11.8. The van der Waals surface area contributed by atoms with E-state index in [1.54, 1.807) is 0 Å². The standard InChI is InChI=1S/C23H28BrFN4O3S/c1-5-33-21-26-19-16(14-10-31-11-15(14)17(24)18(19)25)20(27-21)28-8-12-6-7-13(9-28)29(12)22(30)32-23(2,3)4/h12-13H,5-11H2,1-4H3. The molecule has 178 valence electrons. The molecular weight excluding hydrogens is 511 g/mol. The quantitative estimate of drug-likeness (QED) is 0.389. The largest absolute Gasteiger partial charge is 0.444 e. The summed E-state index contributed by atoms with van der Waals surface area (Å²) in [6, 6.07) is 0.0750. The van der Waals surface area contributed by atoms with Crippen LogP contribution in [-0.4, -0.2) is 57.5 Å². The summed E-state index contributed by atoms with van der Waals surface area (Å²) in [6.45, 7) is 9.73. The smallest absolute Gasteiger partial charge is 0.410 e. The molecule has 2 atom stereocenters. The zero-order chi connectivity index (χ0) is 23.5. The Morgan fingerprint density at radius 3 is 2.52 bits per heavy atom. The number of thioether (sulfide) groups is 1. The van der Waals surface area contributed by atoms with Crippen LogP contribution in [0.25, 0.3) is 10.9 Å². The van der Waals surface area contributed by atoms with Crippen molar-refractivity contribution in [2.75, 3.05) is 23.7 Å². The lowest BCUT2D eigenvalue weighted by Gasteiger charge is -2.42. The van der Waals surface area contributed by atoms with Crippen molar-refractivity contribution in [3.63, 3.8) is 0 Å². The minimum atomic E-state index is -0.533. The molecule has 3 aliphatic rings. The van der Waals surface area contributed by atoms with Crippen LogP contribution in [0.5, 0.6) is 0 Å². The van der Waals surface area contributed by atoms with Crippen molar-refractivity contribution < 1.29 is 18.7 Å². The number of nitrogens with zero attached hydrogens (tertiary/aromatic N) is 4. The Labute approximate surface area is 205 Å². The molecule has 0 aliphatic carbocycles. The van der Waals surface area contributed by atoms with Crippen molar-refractivity contribution in [2.45, 2.75) is 76.6 Å². The molecule has 0 radical (unpaired) electrons. The van der Waals surface area contributed by atoms with E-state index in [9.17, 15) is 4.79 Å². The predicted molar refractivity (Wildman–Crippen MR) is 129 cm³/mol. The van der Waals surface area contributed by atoms with Crippen molar-refractivity contribution >= 4 is 50.5 Å². The number of benzene rings is 1. The van der Waals surface area contributed by atoms with Crippen molar-refractivity contribution in [3.05, 3.63) is 21.4 Å². The Bertz CT molecular complexity index is 1110. The van der Waals surface area contributed by atoms with Crippen LogP contribution >= 0.6 is 27.7 Å². The van der Waals surface area contributed by atoms with Gasteiger partial charge in [-0.3, -0.25) is 4.90 Å². The second-order valence-electron chi connectivity index (χ2n) is 9.74. The van der Waals surface area contributed by atoms with E-state index < -0.39 is 5.60 Å². The third-order valence-corrected chi connectivity index (χ3v) is 7.91. The number of piperazine rings is 1. The van der Waals surface area contributed by atoms with Crippen LogP contribution in [0.3, 0.4) is 0 Å². The van der Waals surface area contributed by atoms with E-state index >= 15 is 4.39 Å². The minimum absolute atomic E-state index is 0.0375. The van der Waals surface area contributed by atoms with Gasteiger partial charge in [-0.2, -0.15) is 0 Å². The van der Waals surface area contributed by atoms with Crippen molar-refractivity contribution in [2.24, 2.45) is 0 Å². The summed E-state index contributed by atoms with van der Waals surface area (Å²) >= 11 is 4.92. The highest BCUT2D eigenvalue weighted by molar-refractivity contribution is 9.10. The maximum atomic E-state index is 15.4. The van der Waals surface area contributed by atoms with E-state index in [4.69, 9.17) is 14.5 Å². The van der Waals surface area contributed by atoms with Gasteiger partial charge in [0.05, 0.1) is 35.2 Å². The van der Waals surface area contributed by atoms with Gasteiger partial charge in [0.15, 0.2) is 11.0 Å². The first-order valence-corrected chi connectivity index (χ1v) is 13.1. The van der Waals surface area contributed by atoms with Crippen LogP contribution in [-0.2, 0) is 22.7 Å². The molecule has 1 aromatic carbocycles. The normalized spacial score (nSPS) is 22.2. The third kappa shape index (κ3) is 4.08. The second kappa shape index (κ2) is 8.53. The van der Waals surface area contributed by atoms with Gasteiger partial charge in [0.25, 0.3) is 0 Å². The van der Waals surface area contributed by atoms with Crippen molar-refractivity contribution in [1.82, 2.24) is 14.9 Å². The lowest BCUT2D eigenvalue weighted by molar-refractivity contribution is 0.0123. The molecule has 4 heterocycles. The van der Waals surface area contributed by atoms with Crippen LogP contribution in [0.15, 0.2) is 9.63 Å². The van der Waals surface area contributed by atoms with Gasteiger partial charge in [0.2, 0.25) is 0 Å². The Morgan fingerprint density at radius 2 is 1.88 bits per heavy atom. The molecule has 2 aromatic rings. The van der Waals surface area contributed by atoms with E-state index in [-0.39, 0.29) is 24.0 Å². The maximum absolute atomic E-state index is 15.4. The zero-order valence-electron chi connectivity index (χ0n) is 19.3. The highest BCUT2D eigenvalue weighted by Gasteiger charge is 2.45. The summed E-state index contributed by atoms with van der Waals surface area (Å²) in [4.78, 5) is 26.5. The molecule has 0 saturated carbocycles. The number of hydrogen-bond donors (Lipinski definition) is 0. The number of anilines is 1. The summed E-state index contributed by atoms with van der Waals surface area (Å²) < 4.78 is 27.2. The fraction of sp³-hybridized carbons (Fsp3) is 0.609. The highest BCUT2D eigenvalue weighted by Crippen LogP contribution is 2.42. The summed E-state index contributed by atoms with van der Waals surface area (Å²) in [7, 11) is 0. The number of carbonyl (C=O) groups is 1. The van der Waals surface area contributed by atoms with Gasteiger partial charge in [-0.1, -0.05) is 18.7 Å². The van der Waals surface area contributed by atoms with E-state index in [0.29, 0.717) is 41.4 Å². The van der Waals surface area contributed by atoms with E-state index in [1.165, 1.54) is 11.8 Å². The molecule has 1 aromatic heterocycles. The van der Waals surface area contributed by atoms with Crippen LogP contribution in [0.4, 0.5) is 15.0 Å². The first-order valence-electron chi connectivity index (χ1n) is 11.3. The number of hydrogen-bond acceptors (Lipinski definition) is 7. The van der Waals surface area contributed by atoms with Gasteiger partial charge in [0, 0.05) is 18.7 Å². The fourth-order valence-electron chi connectivity index (χ4n) is 5.06.